The smallest absolute Gasteiger partial charge is 0.347 e. The molecule has 2 aromatic rings. The van der Waals surface area contributed by atoms with E-state index in [1.807, 2.05) is 4.98 Å². The minimum absolute atomic E-state index is 0.110. The maximum absolute atomic E-state index is 13.3. The number of alkyl halides is 3. The van der Waals surface area contributed by atoms with E-state index < -0.39 is 23.4 Å². The lowest BCUT2D eigenvalue weighted by molar-refractivity contribution is -0.140. The van der Waals surface area contributed by atoms with Crippen LogP contribution in [-0.4, -0.2) is 11.1 Å². The molecule has 7 heteroatoms. The molecule has 0 atom stereocenters. The normalized spacial score (nSPS) is 11.5. The van der Waals surface area contributed by atoms with Crippen molar-refractivity contribution in [1.29, 1.82) is 0 Å². The average molecular weight is 244 g/mol. The standard InChI is InChI=1S/C10H4F4N2O/c11-6-3-1-2-5-7(6)16-9(10(12,13)14)8(5)15-4-17/h1-3,16H. The molecule has 0 radical (unpaired) electrons. The van der Waals surface area contributed by atoms with Gasteiger partial charge >= 0.3 is 6.18 Å². The Morgan fingerprint density at radius 1 is 1.29 bits per heavy atom. The zero-order chi connectivity index (χ0) is 12.6. The van der Waals surface area contributed by atoms with Gasteiger partial charge in [0.15, 0.2) is 0 Å². The van der Waals surface area contributed by atoms with E-state index in [2.05, 4.69) is 4.99 Å². The number of carbonyl (C=O) groups excluding carboxylic acids is 1. The molecule has 1 heterocycles. The van der Waals surface area contributed by atoms with Crippen molar-refractivity contribution in [3.63, 3.8) is 0 Å². The molecule has 0 saturated heterocycles. The predicted octanol–water partition coefficient (Wildman–Crippen LogP) is 3.29. The van der Waals surface area contributed by atoms with Gasteiger partial charge in [-0.3, -0.25) is 0 Å². The third-order valence-electron chi connectivity index (χ3n) is 2.20. The fourth-order valence-corrected chi connectivity index (χ4v) is 1.53. The van der Waals surface area contributed by atoms with Crippen LogP contribution < -0.4 is 0 Å². The van der Waals surface area contributed by atoms with E-state index in [1.54, 1.807) is 0 Å². The number of para-hydroxylation sites is 1. The highest BCUT2D eigenvalue weighted by molar-refractivity contribution is 5.94. The Balaban J connectivity index is 2.89. The Bertz CT molecular complexity index is 623. The summed E-state index contributed by atoms with van der Waals surface area (Å²) in [5.74, 6) is -0.847. The highest BCUT2D eigenvalue weighted by Gasteiger charge is 2.37. The van der Waals surface area contributed by atoms with E-state index in [-0.39, 0.29) is 10.9 Å². The van der Waals surface area contributed by atoms with Crippen molar-refractivity contribution in [1.82, 2.24) is 4.98 Å². The number of H-pyrrole nitrogens is 1. The Labute approximate surface area is 91.8 Å². The first-order valence-corrected chi connectivity index (χ1v) is 4.40. The Hall–Kier alpha value is -2.14. The van der Waals surface area contributed by atoms with Crippen LogP contribution in [0.1, 0.15) is 5.69 Å². The lowest BCUT2D eigenvalue weighted by atomic mass is 10.2. The highest BCUT2D eigenvalue weighted by Crippen LogP contribution is 2.40. The molecule has 0 unspecified atom stereocenters. The van der Waals surface area contributed by atoms with Crippen LogP contribution in [0.4, 0.5) is 23.2 Å². The van der Waals surface area contributed by atoms with Gasteiger partial charge in [0, 0.05) is 5.39 Å². The molecule has 0 aliphatic rings. The molecule has 1 aromatic heterocycles. The van der Waals surface area contributed by atoms with Crippen molar-refractivity contribution in [3.05, 3.63) is 29.7 Å². The molecule has 0 bridgehead atoms. The van der Waals surface area contributed by atoms with Crippen LogP contribution in [0.3, 0.4) is 0 Å². The summed E-state index contributed by atoms with van der Waals surface area (Å²) in [5.41, 5.74) is -2.25. The number of isocyanates is 1. The van der Waals surface area contributed by atoms with E-state index in [9.17, 15) is 22.4 Å². The number of hydrogen-bond donors (Lipinski definition) is 1. The number of aromatic amines is 1. The molecule has 3 nitrogen and oxygen atoms in total. The Morgan fingerprint density at radius 2 is 2.00 bits per heavy atom. The monoisotopic (exact) mass is 244 g/mol. The molecule has 0 saturated carbocycles. The van der Waals surface area contributed by atoms with Gasteiger partial charge in [0.1, 0.15) is 17.2 Å². The van der Waals surface area contributed by atoms with Gasteiger partial charge < -0.3 is 4.98 Å². The topological polar surface area (TPSA) is 45.2 Å². The summed E-state index contributed by atoms with van der Waals surface area (Å²) in [5, 5.41) is -0.110. The number of nitrogens with zero attached hydrogens (tertiary/aromatic N) is 1. The summed E-state index contributed by atoms with van der Waals surface area (Å²) in [6, 6.07) is 3.48. The van der Waals surface area contributed by atoms with Crippen molar-refractivity contribution >= 4 is 22.7 Å². The first kappa shape index (κ1) is 11.3. The number of fused-ring (bicyclic) bond motifs is 1. The Morgan fingerprint density at radius 3 is 2.59 bits per heavy atom. The van der Waals surface area contributed by atoms with Crippen molar-refractivity contribution in [2.75, 3.05) is 0 Å². The van der Waals surface area contributed by atoms with Gasteiger partial charge in [-0.15, -0.1) is 0 Å². The molecule has 0 aliphatic heterocycles. The van der Waals surface area contributed by atoms with E-state index in [0.717, 1.165) is 12.1 Å². The molecule has 0 spiro atoms. The number of benzene rings is 1. The molecule has 0 aliphatic carbocycles. The van der Waals surface area contributed by atoms with Crippen LogP contribution in [0.15, 0.2) is 23.2 Å². The molecule has 1 N–H and O–H groups in total. The number of nitrogens with one attached hydrogen (secondary N) is 1. The van der Waals surface area contributed by atoms with Crippen LogP contribution >= 0.6 is 0 Å². The predicted molar refractivity (Wildman–Crippen MR) is 51.0 cm³/mol. The van der Waals surface area contributed by atoms with Crippen LogP contribution in [0, 0.1) is 5.82 Å². The van der Waals surface area contributed by atoms with E-state index >= 15 is 0 Å². The van der Waals surface area contributed by atoms with Gasteiger partial charge in [-0.25, -0.2) is 9.18 Å². The van der Waals surface area contributed by atoms with Crippen molar-refractivity contribution < 1.29 is 22.4 Å². The lowest BCUT2D eigenvalue weighted by Gasteiger charge is -2.03. The largest absolute Gasteiger partial charge is 0.433 e. The molecule has 17 heavy (non-hydrogen) atoms. The molecular formula is C10H4F4N2O. The maximum Gasteiger partial charge on any atom is 0.433 e. The minimum Gasteiger partial charge on any atom is -0.347 e. The molecule has 0 fully saturated rings. The van der Waals surface area contributed by atoms with Gasteiger partial charge in [0.25, 0.3) is 0 Å². The van der Waals surface area contributed by atoms with Gasteiger partial charge in [-0.2, -0.15) is 18.2 Å². The average Bonchev–Trinajstić information content (AvgIpc) is 2.59. The third kappa shape index (κ3) is 1.81. The first-order valence-electron chi connectivity index (χ1n) is 4.40. The number of halogens is 4. The van der Waals surface area contributed by atoms with Crippen molar-refractivity contribution in [2.45, 2.75) is 6.18 Å². The summed E-state index contributed by atoms with van der Waals surface area (Å²) in [6.07, 6.45) is -3.72. The quantitative estimate of drug-likeness (QED) is 0.467. The fraction of sp³-hybridized carbons (Fsp3) is 0.100. The number of rotatable bonds is 1. The highest BCUT2D eigenvalue weighted by atomic mass is 19.4. The molecule has 0 amide bonds. The van der Waals surface area contributed by atoms with E-state index in [0.29, 0.717) is 0 Å². The van der Waals surface area contributed by atoms with Crippen LogP contribution in [-0.2, 0) is 11.0 Å². The van der Waals surface area contributed by atoms with Crippen molar-refractivity contribution in [2.24, 2.45) is 4.99 Å². The first-order chi connectivity index (χ1) is 7.95. The van der Waals surface area contributed by atoms with Crippen LogP contribution in [0.5, 0.6) is 0 Å². The lowest BCUT2D eigenvalue weighted by Crippen LogP contribution is -2.05. The number of aliphatic imine (C=N–C) groups is 1. The van der Waals surface area contributed by atoms with Gasteiger partial charge in [0.2, 0.25) is 6.08 Å². The summed E-state index contributed by atoms with van der Waals surface area (Å²) in [4.78, 5) is 15.0. The second kappa shape index (κ2) is 3.71. The molecule has 88 valence electrons. The second-order valence-electron chi connectivity index (χ2n) is 3.21. The second-order valence-corrected chi connectivity index (χ2v) is 3.21. The minimum atomic E-state index is -4.75. The van der Waals surface area contributed by atoms with E-state index in [4.69, 9.17) is 0 Å². The van der Waals surface area contributed by atoms with Crippen LogP contribution in [0.25, 0.3) is 10.9 Å². The van der Waals surface area contributed by atoms with Gasteiger partial charge in [-0.1, -0.05) is 12.1 Å². The SMILES string of the molecule is O=C=Nc1c(C(F)(F)F)[nH]c2c(F)cccc12. The number of aromatic nitrogens is 1. The van der Waals surface area contributed by atoms with Gasteiger partial charge in [-0.05, 0) is 6.07 Å². The zero-order valence-corrected chi connectivity index (χ0v) is 8.10. The molecule has 1 aromatic carbocycles. The Kier molecular flexibility index (Phi) is 2.48. The van der Waals surface area contributed by atoms with Crippen LogP contribution in [0.2, 0.25) is 0 Å². The van der Waals surface area contributed by atoms with Gasteiger partial charge in [0.05, 0.1) is 5.52 Å². The molecule has 2 rings (SSSR count). The summed E-state index contributed by atoms with van der Waals surface area (Å²) in [7, 11) is 0. The van der Waals surface area contributed by atoms with Crippen molar-refractivity contribution in [3.8, 4) is 0 Å². The summed E-state index contributed by atoms with van der Waals surface area (Å²) in [6.45, 7) is 0. The summed E-state index contributed by atoms with van der Waals surface area (Å²) >= 11 is 0. The zero-order valence-electron chi connectivity index (χ0n) is 8.10. The molecular weight excluding hydrogens is 240 g/mol. The maximum atomic E-state index is 13.3. The third-order valence-corrected chi connectivity index (χ3v) is 2.20. The summed E-state index contributed by atoms with van der Waals surface area (Å²) < 4.78 is 51.1. The number of hydrogen-bond acceptors (Lipinski definition) is 2. The fourth-order valence-electron chi connectivity index (χ4n) is 1.53. The van der Waals surface area contributed by atoms with E-state index in [1.165, 1.54) is 12.1 Å².